The Morgan fingerprint density at radius 3 is 2.40 bits per heavy atom. The number of halogens is 1. The summed E-state index contributed by atoms with van der Waals surface area (Å²) in [6, 6.07) is 7.39. The Hall–Kier alpha value is -3.69. The van der Waals surface area contributed by atoms with Gasteiger partial charge in [-0.1, -0.05) is 0 Å². The Kier molecular flexibility index (Phi) is 7.68. The van der Waals surface area contributed by atoms with Crippen molar-refractivity contribution < 1.29 is 33.1 Å². The van der Waals surface area contributed by atoms with E-state index in [0.29, 0.717) is 24.7 Å². The lowest BCUT2D eigenvalue weighted by atomic mass is 10.2. The standard InChI is InChI=1S/C20H21FN2O7/c1-4-28-17-9-6-13(10-18(17)29-5-2)20(25)30-12(3)19(24)22-14-7-8-15(21)16(11-14)23(26)27/h6-12H,4-5H2,1-3H3,(H,22,24). The molecule has 1 unspecified atom stereocenters. The van der Waals surface area contributed by atoms with Crippen LogP contribution in [-0.2, 0) is 9.53 Å². The molecule has 0 aliphatic heterocycles. The Labute approximate surface area is 171 Å². The van der Waals surface area contributed by atoms with E-state index in [4.69, 9.17) is 14.2 Å². The number of nitro groups is 1. The monoisotopic (exact) mass is 420 g/mol. The van der Waals surface area contributed by atoms with Crippen LogP contribution < -0.4 is 14.8 Å². The average Bonchev–Trinajstić information content (AvgIpc) is 2.70. The van der Waals surface area contributed by atoms with E-state index in [-0.39, 0.29) is 11.3 Å². The number of carbonyl (C=O) groups excluding carboxylic acids is 2. The molecule has 1 N–H and O–H groups in total. The second kappa shape index (κ2) is 10.2. The van der Waals surface area contributed by atoms with Gasteiger partial charge in [-0.25, -0.2) is 4.79 Å². The highest BCUT2D eigenvalue weighted by Gasteiger charge is 2.22. The SMILES string of the molecule is CCOc1ccc(C(=O)OC(C)C(=O)Nc2ccc(F)c([N+](=O)[O-])c2)cc1OCC. The van der Waals surface area contributed by atoms with Crippen LogP contribution in [-0.4, -0.2) is 36.1 Å². The Bertz CT molecular complexity index is 949. The molecule has 0 aliphatic rings. The third-order valence-electron chi connectivity index (χ3n) is 3.84. The van der Waals surface area contributed by atoms with E-state index in [1.165, 1.54) is 19.1 Å². The summed E-state index contributed by atoms with van der Waals surface area (Å²) in [7, 11) is 0. The molecule has 0 bridgehead atoms. The minimum Gasteiger partial charge on any atom is -0.490 e. The number of nitro benzene ring substituents is 1. The van der Waals surface area contributed by atoms with Crippen LogP contribution >= 0.6 is 0 Å². The molecule has 160 valence electrons. The molecule has 2 aromatic rings. The largest absolute Gasteiger partial charge is 0.490 e. The van der Waals surface area contributed by atoms with Gasteiger partial charge in [0, 0.05) is 11.8 Å². The number of hydrogen-bond donors (Lipinski definition) is 1. The zero-order valence-corrected chi connectivity index (χ0v) is 16.6. The predicted molar refractivity (Wildman–Crippen MR) is 105 cm³/mol. The summed E-state index contributed by atoms with van der Waals surface area (Å²) in [5, 5.41) is 13.1. The van der Waals surface area contributed by atoms with Crippen LogP contribution in [0.3, 0.4) is 0 Å². The first-order chi connectivity index (χ1) is 14.3. The third kappa shape index (κ3) is 5.66. The van der Waals surface area contributed by atoms with E-state index < -0.39 is 34.4 Å². The van der Waals surface area contributed by atoms with Crippen LogP contribution in [0.1, 0.15) is 31.1 Å². The van der Waals surface area contributed by atoms with Gasteiger partial charge in [-0.3, -0.25) is 14.9 Å². The first-order valence-corrected chi connectivity index (χ1v) is 9.12. The highest BCUT2D eigenvalue weighted by Crippen LogP contribution is 2.29. The fourth-order valence-corrected chi connectivity index (χ4v) is 2.43. The van der Waals surface area contributed by atoms with Crippen LogP contribution in [0.5, 0.6) is 11.5 Å². The lowest BCUT2D eigenvalue weighted by molar-refractivity contribution is -0.387. The molecule has 0 radical (unpaired) electrons. The second-order valence-electron chi connectivity index (χ2n) is 5.99. The molecule has 10 heteroatoms. The van der Waals surface area contributed by atoms with Gasteiger partial charge in [0.25, 0.3) is 5.91 Å². The molecule has 2 rings (SSSR count). The van der Waals surface area contributed by atoms with E-state index in [0.717, 1.165) is 18.2 Å². The highest BCUT2D eigenvalue weighted by atomic mass is 19.1. The first-order valence-electron chi connectivity index (χ1n) is 9.12. The summed E-state index contributed by atoms with van der Waals surface area (Å²) >= 11 is 0. The maximum Gasteiger partial charge on any atom is 0.339 e. The smallest absolute Gasteiger partial charge is 0.339 e. The normalized spacial score (nSPS) is 11.3. The molecule has 0 spiro atoms. The van der Waals surface area contributed by atoms with Gasteiger partial charge in [-0.15, -0.1) is 0 Å². The molecule has 2 aromatic carbocycles. The van der Waals surface area contributed by atoms with Crippen LogP contribution in [0, 0.1) is 15.9 Å². The maximum atomic E-state index is 13.4. The summed E-state index contributed by atoms with van der Waals surface area (Å²) < 4.78 is 29.4. The molecule has 30 heavy (non-hydrogen) atoms. The quantitative estimate of drug-likeness (QED) is 0.373. The van der Waals surface area contributed by atoms with E-state index in [1.807, 2.05) is 6.92 Å². The van der Waals surface area contributed by atoms with Crippen LogP contribution in [0.2, 0.25) is 0 Å². The number of carbonyl (C=O) groups is 2. The number of amides is 1. The lowest BCUT2D eigenvalue weighted by Crippen LogP contribution is -2.30. The van der Waals surface area contributed by atoms with Gasteiger partial charge in [0.1, 0.15) is 0 Å². The number of anilines is 1. The van der Waals surface area contributed by atoms with Crippen molar-refractivity contribution >= 4 is 23.3 Å². The molecule has 1 atom stereocenters. The molecule has 0 aromatic heterocycles. The molecule has 0 saturated heterocycles. The van der Waals surface area contributed by atoms with Crippen molar-refractivity contribution in [2.45, 2.75) is 26.9 Å². The number of hydrogen-bond acceptors (Lipinski definition) is 7. The van der Waals surface area contributed by atoms with Crippen LogP contribution in [0.15, 0.2) is 36.4 Å². The number of ether oxygens (including phenoxy) is 3. The van der Waals surface area contributed by atoms with E-state index in [9.17, 15) is 24.1 Å². The zero-order valence-electron chi connectivity index (χ0n) is 16.6. The first kappa shape index (κ1) is 22.6. The second-order valence-corrected chi connectivity index (χ2v) is 5.99. The fourth-order valence-electron chi connectivity index (χ4n) is 2.43. The molecule has 0 heterocycles. The van der Waals surface area contributed by atoms with Gasteiger partial charge >= 0.3 is 11.7 Å². The van der Waals surface area contributed by atoms with Crippen molar-refractivity contribution in [3.8, 4) is 11.5 Å². The predicted octanol–water partition coefficient (Wildman–Crippen LogP) is 3.72. The lowest BCUT2D eigenvalue weighted by Gasteiger charge is -2.15. The number of nitrogens with zero attached hydrogens (tertiary/aromatic N) is 1. The van der Waals surface area contributed by atoms with Gasteiger partial charge in [0.15, 0.2) is 17.6 Å². The van der Waals surface area contributed by atoms with E-state index in [1.54, 1.807) is 13.0 Å². The number of benzene rings is 2. The Balaban J connectivity index is 2.08. The summed E-state index contributed by atoms with van der Waals surface area (Å²) in [5.74, 6) is -1.70. The Morgan fingerprint density at radius 1 is 1.10 bits per heavy atom. The van der Waals surface area contributed by atoms with Gasteiger partial charge in [-0.2, -0.15) is 4.39 Å². The van der Waals surface area contributed by atoms with Crippen molar-refractivity contribution in [3.05, 3.63) is 57.9 Å². The van der Waals surface area contributed by atoms with Crippen LogP contribution in [0.4, 0.5) is 15.8 Å². The number of esters is 1. The van der Waals surface area contributed by atoms with Gasteiger partial charge in [-0.05, 0) is 51.1 Å². The summed E-state index contributed by atoms with van der Waals surface area (Å²) in [5.41, 5.74) is -0.634. The molecular formula is C20H21FN2O7. The Morgan fingerprint density at radius 2 is 1.77 bits per heavy atom. The van der Waals surface area contributed by atoms with Crippen molar-refractivity contribution in [1.82, 2.24) is 0 Å². The average molecular weight is 420 g/mol. The van der Waals surface area contributed by atoms with Crippen molar-refractivity contribution in [1.29, 1.82) is 0 Å². The van der Waals surface area contributed by atoms with Crippen LogP contribution in [0.25, 0.3) is 0 Å². The van der Waals surface area contributed by atoms with Crippen molar-refractivity contribution in [3.63, 3.8) is 0 Å². The summed E-state index contributed by atoms with van der Waals surface area (Å²) in [6.45, 7) is 5.72. The van der Waals surface area contributed by atoms with Crippen molar-refractivity contribution in [2.24, 2.45) is 0 Å². The molecule has 0 aliphatic carbocycles. The van der Waals surface area contributed by atoms with E-state index >= 15 is 0 Å². The van der Waals surface area contributed by atoms with Crippen molar-refractivity contribution in [2.75, 3.05) is 18.5 Å². The topological polar surface area (TPSA) is 117 Å². The number of rotatable bonds is 9. The molecule has 1 amide bonds. The minimum atomic E-state index is -1.22. The van der Waals surface area contributed by atoms with Gasteiger partial charge in [0.05, 0.1) is 23.7 Å². The third-order valence-corrected chi connectivity index (χ3v) is 3.84. The fraction of sp³-hybridized carbons (Fsp3) is 0.300. The highest BCUT2D eigenvalue weighted by molar-refractivity contribution is 5.97. The molecular weight excluding hydrogens is 399 g/mol. The zero-order chi connectivity index (χ0) is 22.3. The van der Waals surface area contributed by atoms with E-state index in [2.05, 4.69) is 5.32 Å². The molecule has 9 nitrogen and oxygen atoms in total. The molecule has 0 saturated carbocycles. The summed E-state index contributed by atoms with van der Waals surface area (Å²) in [6.07, 6.45) is -1.22. The summed E-state index contributed by atoms with van der Waals surface area (Å²) in [4.78, 5) is 34.5. The number of nitrogens with one attached hydrogen (secondary N) is 1. The maximum absolute atomic E-state index is 13.4. The van der Waals surface area contributed by atoms with Gasteiger partial charge < -0.3 is 19.5 Å². The van der Waals surface area contributed by atoms with Gasteiger partial charge in [0.2, 0.25) is 5.82 Å². The minimum absolute atomic E-state index is 0.00398. The molecule has 0 fully saturated rings.